The summed E-state index contributed by atoms with van der Waals surface area (Å²) in [6.45, 7) is 8.74. The Morgan fingerprint density at radius 2 is 1.93 bits per heavy atom. The molecule has 0 saturated carbocycles. The zero-order chi connectivity index (χ0) is 19.6. The van der Waals surface area contributed by atoms with Crippen molar-refractivity contribution in [2.75, 3.05) is 52.5 Å². The predicted octanol–water partition coefficient (Wildman–Crippen LogP) is 1.19. The minimum Gasteiger partial charge on any atom is -0.394 e. The van der Waals surface area contributed by atoms with Gasteiger partial charge in [-0.1, -0.05) is 30.3 Å². The number of nitrogens with zero attached hydrogens (tertiary/aromatic N) is 3. The summed E-state index contributed by atoms with van der Waals surface area (Å²) in [6.07, 6.45) is 1.69. The number of carbonyl (C=O) groups is 1. The Morgan fingerprint density at radius 3 is 2.64 bits per heavy atom. The summed E-state index contributed by atoms with van der Waals surface area (Å²) < 4.78 is 5.42. The molecule has 3 aliphatic rings. The first-order valence-electron chi connectivity index (χ1n) is 10.6. The lowest BCUT2D eigenvalue weighted by molar-refractivity contribution is -0.148. The van der Waals surface area contributed by atoms with Crippen molar-refractivity contribution in [1.82, 2.24) is 14.7 Å². The maximum absolute atomic E-state index is 13.0. The summed E-state index contributed by atoms with van der Waals surface area (Å²) in [5.74, 6) is 0.419. The molecule has 28 heavy (non-hydrogen) atoms. The quantitative estimate of drug-likeness (QED) is 0.841. The van der Waals surface area contributed by atoms with Crippen LogP contribution in [0.1, 0.15) is 25.3 Å². The van der Waals surface area contributed by atoms with Crippen LogP contribution in [-0.4, -0.2) is 89.8 Å². The molecule has 3 saturated heterocycles. The van der Waals surface area contributed by atoms with E-state index in [1.807, 2.05) is 6.07 Å². The van der Waals surface area contributed by atoms with Gasteiger partial charge in [-0.25, -0.2) is 0 Å². The van der Waals surface area contributed by atoms with E-state index in [9.17, 15) is 9.90 Å². The Morgan fingerprint density at radius 1 is 1.18 bits per heavy atom. The van der Waals surface area contributed by atoms with Gasteiger partial charge < -0.3 is 14.7 Å². The lowest BCUT2D eigenvalue weighted by Gasteiger charge is -2.56. The van der Waals surface area contributed by atoms with E-state index in [1.54, 1.807) is 0 Å². The Labute approximate surface area is 168 Å². The van der Waals surface area contributed by atoms with Crippen molar-refractivity contribution in [2.45, 2.75) is 37.9 Å². The van der Waals surface area contributed by atoms with Crippen LogP contribution in [0.15, 0.2) is 30.3 Å². The molecule has 6 nitrogen and oxygen atoms in total. The van der Waals surface area contributed by atoms with Gasteiger partial charge in [-0.15, -0.1) is 0 Å². The highest BCUT2D eigenvalue weighted by Crippen LogP contribution is 2.30. The monoisotopic (exact) mass is 387 g/mol. The third-order valence-corrected chi connectivity index (χ3v) is 6.68. The number of carbonyl (C=O) groups excluding carboxylic acids is 1. The summed E-state index contributed by atoms with van der Waals surface area (Å²) in [5, 5.41) is 10.2. The fraction of sp³-hybridized carbons (Fsp3) is 0.682. The molecule has 0 aromatic heterocycles. The maximum atomic E-state index is 13.0. The predicted molar refractivity (Wildman–Crippen MR) is 108 cm³/mol. The van der Waals surface area contributed by atoms with E-state index >= 15 is 0 Å². The molecular formula is C22H33N3O3. The zero-order valence-corrected chi connectivity index (χ0v) is 16.9. The zero-order valence-electron chi connectivity index (χ0n) is 16.9. The Bertz CT molecular complexity index is 664. The first-order chi connectivity index (χ1) is 13.6. The van der Waals surface area contributed by atoms with Crippen LogP contribution in [0.4, 0.5) is 0 Å². The third-order valence-electron chi connectivity index (χ3n) is 6.68. The van der Waals surface area contributed by atoms with Crippen LogP contribution in [0.25, 0.3) is 0 Å². The molecule has 0 spiro atoms. The molecule has 3 aliphatic heterocycles. The first-order valence-corrected chi connectivity index (χ1v) is 10.6. The van der Waals surface area contributed by atoms with E-state index in [-0.39, 0.29) is 24.1 Å². The van der Waals surface area contributed by atoms with Crippen LogP contribution in [0.2, 0.25) is 0 Å². The van der Waals surface area contributed by atoms with Crippen molar-refractivity contribution >= 4 is 5.91 Å². The Kier molecular flexibility index (Phi) is 6.01. The second kappa shape index (κ2) is 8.49. The van der Waals surface area contributed by atoms with Crippen LogP contribution >= 0.6 is 0 Å². The molecule has 1 aromatic carbocycles. The summed E-state index contributed by atoms with van der Waals surface area (Å²) in [5.41, 5.74) is 1.04. The summed E-state index contributed by atoms with van der Waals surface area (Å²) >= 11 is 0. The fourth-order valence-electron chi connectivity index (χ4n) is 5.16. The number of benzene rings is 1. The van der Waals surface area contributed by atoms with Crippen molar-refractivity contribution < 1.29 is 14.6 Å². The average Bonchev–Trinajstić information content (AvgIpc) is 2.74. The number of fused-ring (bicyclic) bond motifs is 1. The number of hydrogen-bond acceptors (Lipinski definition) is 5. The van der Waals surface area contributed by atoms with E-state index in [1.165, 1.54) is 5.56 Å². The highest BCUT2D eigenvalue weighted by molar-refractivity contribution is 5.79. The van der Waals surface area contributed by atoms with Gasteiger partial charge in [0.25, 0.3) is 0 Å². The molecule has 2 atom stereocenters. The van der Waals surface area contributed by atoms with Crippen LogP contribution in [0.5, 0.6) is 0 Å². The SMILES string of the molecule is CC1(CO)CN(Cc2ccccc2)CC2CN(C(=O)C3CCOCC3)CCN21. The number of ether oxygens (including phenoxy) is 1. The normalized spacial score (nSPS) is 30.2. The number of aliphatic hydroxyl groups is 1. The minimum absolute atomic E-state index is 0.119. The summed E-state index contributed by atoms with van der Waals surface area (Å²) in [4.78, 5) is 20.0. The maximum Gasteiger partial charge on any atom is 0.225 e. The average molecular weight is 388 g/mol. The lowest BCUT2D eigenvalue weighted by atomic mass is 9.90. The van der Waals surface area contributed by atoms with Crippen LogP contribution in [0.3, 0.4) is 0 Å². The molecule has 1 amide bonds. The van der Waals surface area contributed by atoms with Crippen LogP contribution in [-0.2, 0) is 16.1 Å². The lowest BCUT2D eigenvalue weighted by Crippen LogP contribution is -2.72. The Balaban J connectivity index is 1.45. The van der Waals surface area contributed by atoms with Gasteiger partial charge in [-0.05, 0) is 25.3 Å². The topological polar surface area (TPSA) is 56.3 Å². The second-order valence-electron chi connectivity index (χ2n) is 8.83. The van der Waals surface area contributed by atoms with Gasteiger partial charge in [0.1, 0.15) is 0 Å². The number of rotatable bonds is 4. The van der Waals surface area contributed by atoms with Crippen molar-refractivity contribution in [2.24, 2.45) is 5.92 Å². The standard InChI is InChI=1S/C22H33N3O3/c1-22(17-26)16-23(13-18-5-3-2-4-6-18)14-20-15-24(9-10-25(20)22)21(27)19-7-11-28-12-8-19/h2-6,19-20,26H,7-17H2,1H3. The van der Waals surface area contributed by atoms with Crippen molar-refractivity contribution in [3.63, 3.8) is 0 Å². The molecule has 4 rings (SSSR count). The van der Waals surface area contributed by atoms with Gasteiger partial charge in [0.05, 0.1) is 12.1 Å². The number of hydrogen-bond donors (Lipinski definition) is 1. The minimum atomic E-state index is -0.258. The van der Waals surface area contributed by atoms with Gasteiger partial charge in [0.15, 0.2) is 0 Å². The molecule has 6 heteroatoms. The number of aliphatic hydroxyl groups excluding tert-OH is 1. The van der Waals surface area contributed by atoms with Crippen molar-refractivity contribution in [1.29, 1.82) is 0 Å². The van der Waals surface area contributed by atoms with Crippen molar-refractivity contribution in [3.8, 4) is 0 Å². The molecule has 0 bridgehead atoms. The van der Waals surface area contributed by atoms with Crippen LogP contribution < -0.4 is 0 Å². The molecule has 2 unspecified atom stereocenters. The molecule has 1 aromatic rings. The number of amides is 1. The van der Waals surface area contributed by atoms with Gasteiger partial charge in [-0.3, -0.25) is 14.6 Å². The molecule has 154 valence electrons. The van der Waals surface area contributed by atoms with E-state index in [4.69, 9.17) is 4.74 Å². The summed E-state index contributed by atoms with van der Waals surface area (Å²) in [6, 6.07) is 10.8. The van der Waals surface area contributed by atoms with Gasteiger partial charge in [-0.2, -0.15) is 0 Å². The second-order valence-corrected chi connectivity index (χ2v) is 8.83. The molecule has 3 fully saturated rings. The van der Waals surface area contributed by atoms with Gasteiger partial charge >= 0.3 is 0 Å². The third kappa shape index (κ3) is 4.10. The van der Waals surface area contributed by atoms with E-state index in [0.717, 1.165) is 52.1 Å². The number of piperazine rings is 2. The molecule has 0 radical (unpaired) electrons. The first kappa shape index (κ1) is 19.8. The smallest absolute Gasteiger partial charge is 0.225 e. The molecule has 0 aliphatic carbocycles. The largest absolute Gasteiger partial charge is 0.394 e. The van der Waals surface area contributed by atoms with E-state index in [0.29, 0.717) is 19.1 Å². The van der Waals surface area contributed by atoms with E-state index in [2.05, 4.69) is 45.9 Å². The Hall–Kier alpha value is -1.47. The van der Waals surface area contributed by atoms with Crippen molar-refractivity contribution in [3.05, 3.63) is 35.9 Å². The van der Waals surface area contributed by atoms with Gasteiger partial charge in [0.2, 0.25) is 5.91 Å². The van der Waals surface area contributed by atoms with Crippen LogP contribution in [0, 0.1) is 5.92 Å². The molecule has 1 N–H and O–H groups in total. The van der Waals surface area contributed by atoms with E-state index < -0.39 is 0 Å². The highest BCUT2D eigenvalue weighted by atomic mass is 16.5. The summed E-state index contributed by atoms with van der Waals surface area (Å²) in [7, 11) is 0. The fourth-order valence-corrected chi connectivity index (χ4v) is 5.16. The highest BCUT2D eigenvalue weighted by Gasteiger charge is 2.46. The van der Waals surface area contributed by atoms with Gasteiger partial charge in [0, 0.05) is 64.4 Å². The molecule has 3 heterocycles. The molecular weight excluding hydrogens is 354 g/mol.